The fourth-order valence-electron chi connectivity index (χ4n) is 0.914. The van der Waals surface area contributed by atoms with Gasteiger partial charge in [-0.05, 0) is 12.0 Å². The molecule has 0 aliphatic heterocycles. The van der Waals surface area contributed by atoms with E-state index in [-0.39, 0.29) is 0 Å². The number of amidine groups is 1. The fraction of sp³-hybridized carbons (Fsp3) is 0.556. The summed E-state index contributed by atoms with van der Waals surface area (Å²) in [4.78, 5) is 4.23. The predicted molar refractivity (Wildman–Crippen MR) is 53.6 cm³/mol. The topological polar surface area (TPSA) is 56.2 Å². The van der Waals surface area contributed by atoms with E-state index in [0.29, 0.717) is 11.8 Å². The summed E-state index contributed by atoms with van der Waals surface area (Å²) in [5, 5.41) is 4.15. The summed E-state index contributed by atoms with van der Waals surface area (Å²) in [7, 11) is 1.86. The third kappa shape index (κ3) is 2.89. The molecular formula is C9H16N4. The Morgan fingerprint density at radius 3 is 2.85 bits per heavy atom. The van der Waals surface area contributed by atoms with E-state index in [9.17, 15) is 0 Å². The Morgan fingerprint density at radius 2 is 2.38 bits per heavy atom. The molecule has 0 unspecified atom stereocenters. The van der Waals surface area contributed by atoms with Crippen molar-refractivity contribution >= 4 is 5.84 Å². The van der Waals surface area contributed by atoms with Gasteiger partial charge in [0.25, 0.3) is 0 Å². The van der Waals surface area contributed by atoms with Gasteiger partial charge in [0.2, 0.25) is 0 Å². The molecule has 0 aliphatic rings. The zero-order valence-corrected chi connectivity index (χ0v) is 8.36. The quantitative estimate of drug-likeness (QED) is 0.552. The second-order valence-corrected chi connectivity index (χ2v) is 3.49. The summed E-state index contributed by atoms with van der Waals surface area (Å²) in [6.45, 7) is 4.97. The lowest BCUT2D eigenvalue weighted by atomic mass is 10.2. The number of aliphatic imine (C=N–C) groups is 1. The zero-order chi connectivity index (χ0) is 9.84. The Hall–Kier alpha value is -1.32. The van der Waals surface area contributed by atoms with Crippen molar-refractivity contribution in [2.75, 3.05) is 6.54 Å². The Bertz CT molecular complexity index is 298. The Balaban J connectivity index is 2.67. The van der Waals surface area contributed by atoms with Gasteiger partial charge >= 0.3 is 0 Å². The van der Waals surface area contributed by atoms with E-state index in [2.05, 4.69) is 23.9 Å². The second kappa shape index (κ2) is 4.07. The minimum absolute atomic E-state index is 0.523. The molecule has 0 spiro atoms. The van der Waals surface area contributed by atoms with Crippen molar-refractivity contribution < 1.29 is 0 Å². The first kappa shape index (κ1) is 9.77. The van der Waals surface area contributed by atoms with Crippen molar-refractivity contribution in [2.24, 2.45) is 23.7 Å². The van der Waals surface area contributed by atoms with Gasteiger partial charge in [0.05, 0.1) is 0 Å². The van der Waals surface area contributed by atoms with E-state index in [1.165, 1.54) is 0 Å². The van der Waals surface area contributed by atoms with E-state index in [1.54, 1.807) is 4.68 Å². The summed E-state index contributed by atoms with van der Waals surface area (Å²) in [6.07, 6.45) is 1.85. The van der Waals surface area contributed by atoms with Crippen LogP contribution in [0.15, 0.2) is 17.3 Å². The summed E-state index contributed by atoms with van der Waals surface area (Å²) in [5.74, 6) is 1.05. The minimum atomic E-state index is 0.523. The number of rotatable bonds is 3. The molecule has 1 aromatic rings. The molecule has 72 valence electrons. The summed E-state index contributed by atoms with van der Waals surface area (Å²) in [6, 6.07) is 1.86. The lowest BCUT2D eigenvalue weighted by molar-refractivity contribution is 0.665. The molecule has 4 nitrogen and oxygen atoms in total. The van der Waals surface area contributed by atoms with Crippen LogP contribution in [0.5, 0.6) is 0 Å². The lowest BCUT2D eigenvalue weighted by Gasteiger charge is -1.99. The van der Waals surface area contributed by atoms with Crippen molar-refractivity contribution in [3.05, 3.63) is 18.0 Å². The molecule has 0 aliphatic carbocycles. The molecule has 13 heavy (non-hydrogen) atoms. The molecule has 1 aromatic heterocycles. The minimum Gasteiger partial charge on any atom is -0.382 e. The van der Waals surface area contributed by atoms with Crippen LogP contribution in [0.3, 0.4) is 0 Å². The van der Waals surface area contributed by atoms with E-state index in [0.717, 1.165) is 12.2 Å². The maximum Gasteiger partial charge on any atom is 0.146 e. The van der Waals surface area contributed by atoms with Gasteiger partial charge in [-0.15, -0.1) is 0 Å². The number of hydrogen-bond donors (Lipinski definition) is 1. The van der Waals surface area contributed by atoms with Gasteiger partial charge in [-0.1, -0.05) is 13.8 Å². The normalized spacial score (nSPS) is 12.5. The van der Waals surface area contributed by atoms with Crippen LogP contribution in [0, 0.1) is 5.92 Å². The van der Waals surface area contributed by atoms with Gasteiger partial charge in [-0.25, -0.2) is 0 Å². The molecule has 1 rings (SSSR count). The largest absolute Gasteiger partial charge is 0.382 e. The molecule has 0 saturated carbocycles. The van der Waals surface area contributed by atoms with Crippen molar-refractivity contribution in [1.82, 2.24) is 9.78 Å². The van der Waals surface area contributed by atoms with Gasteiger partial charge in [-0.2, -0.15) is 5.10 Å². The Labute approximate surface area is 78.5 Å². The first-order valence-corrected chi connectivity index (χ1v) is 4.39. The Kier molecular flexibility index (Phi) is 3.06. The monoisotopic (exact) mass is 180 g/mol. The summed E-state index contributed by atoms with van der Waals surface area (Å²) < 4.78 is 1.72. The molecule has 4 heteroatoms. The zero-order valence-electron chi connectivity index (χ0n) is 8.36. The van der Waals surface area contributed by atoms with Gasteiger partial charge < -0.3 is 5.73 Å². The maximum absolute atomic E-state index is 5.73. The van der Waals surface area contributed by atoms with Gasteiger partial charge in [0, 0.05) is 19.8 Å². The lowest BCUT2D eigenvalue weighted by Crippen LogP contribution is -2.16. The number of aromatic nitrogens is 2. The van der Waals surface area contributed by atoms with Crippen LogP contribution in [0.1, 0.15) is 19.5 Å². The molecule has 0 aromatic carbocycles. The van der Waals surface area contributed by atoms with Crippen LogP contribution in [0.25, 0.3) is 0 Å². The molecule has 0 atom stereocenters. The molecular weight excluding hydrogens is 164 g/mol. The first-order valence-electron chi connectivity index (χ1n) is 4.39. The van der Waals surface area contributed by atoms with E-state index in [1.807, 2.05) is 19.3 Å². The van der Waals surface area contributed by atoms with E-state index in [4.69, 9.17) is 5.73 Å². The van der Waals surface area contributed by atoms with E-state index < -0.39 is 0 Å². The van der Waals surface area contributed by atoms with Crippen LogP contribution in [0.2, 0.25) is 0 Å². The molecule has 0 radical (unpaired) electrons. The second-order valence-electron chi connectivity index (χ2n) is 3.49. The van der Waals surface area contributed by atoms with Gasteiger partial charge in [0.15, 0.2) is 0 Å². The fourth-order valence-corrected chi connectivity index (χ4v) is 0.914. The van der Waals surface area contributed by atoms with E-state index >= 15 is 0 Å². The van der Waals surface area contributed by atoms with Crippen molar-refractivity contribution in [3.8, 4) is 0 Å². The number of aryl methyl sites for hydroxylation is 1. The van der Waals surface area contributed by atoms with Crippen LogP contribution >= 0.6 is 0 Å². The molecule has 0 fully saturated rings. The molecule has 0 amide bonds. The molecule has 0 saturated heterocycles. The predicted octanol–water partition coefficient (Wildman–Crippen LogP) is 0.781. The molecule has 1 heterocycles. The first-order chi connectivity index (χ1) is 6.09. The third-order valence-corrected chi connectivity index (χ3v) is 1.60. The standard InChI is InChI=1S/C9H16N4/c1-7(2)6-11-9(10)8-4-5-13(3)12-8/h4-5,7H,6H2,1-3H3,(H2,10,11). The number of hydrogen-bond acceptors (Lipinski definition) is 2. The van der Waals surface area contributed by atoms with Crippen molar-refractivity contribution in [3.63, 3.8) is 0 Å². The van der Waals surface area contributed by atoms with Crippen LogP contribution in [0.4, 0.5) is 0 Å². The van der Waals surface area contributed by atoms with Crippen LogP contribution < -0.4 is 5.73 Å². The highest BCUT2D eigenvalue weighted by molar-refractivity contribution is 5.95. The molecule has 0 bridgehead atoms. The third-order valence-electron chi connectivity index (χ3n) is 1.60. The SMILES string of the molecule is CC(C)CN=C(N)c1ccn(C)n1. The highest BCUT2D eigenvalue weighted by Gasteiger charge is 2.01. The summed E-state index contributed by atoms with van der Waals surface area (Å²) in [5.41, 5.74) is 6.48. The molecule has 2 N–H and O–H groups in total. The number of nitrogens with two attached hydrogens (primary N) is 1. The summed E-state index contributed by atoms with van der Waals surface area (Å²) >= 11 is 0. The van der Waals surface area contributed by atoms with Crippen molar-refractivity contribution in [1.29, 1.82) is 0 Å². The smallest absolute Gasteiger partial charge is 0.146 e. The Morgan fingerprint density at radius 1 is 1.69 bits per heavy atom. The maximum atomic E-state index is 5.73. The highest BCUT2D eigenvalue weighted by Crippen LogP contribution is 1.96. The van der Waals surface area contributed by atoms with Crippen LogP contribution in [-0.4, -0.2) is 22.2 Å². The average Bonchev–Trinajstić information content (AvgIpc) is 2.47. The van der Waals surface area contributed by atoms with Gasteiger partial charge in [0.1, 0.15) is 11.5 Å². The highest BCUT2D eigenvalue weighted by atomic mass is 15.3. The van der Waals surface area contributed by atoms with Crippen molar-refractivity contribution in [2.45, 2.75) is 13.8 Å². The van der Waals surface area contributed by atoms with Gasteiger partial charge in [-0.3, -0.25) is 9.67 Å². The number of nitrogens with zero attached hydrogens (tertiary/aromatic N) is 3. The average molecular weight is 180 g/mol. The van der Waals surface area contributed by atoms with Crippen LogP contribution in [-0.2, 0) is 7.05 Å².